The van der Waals surface area contributed by atoms with E-state index in [4.69, 9.17) is 5.11 Å². The van der Waals surface area contributed by atoms with Crippen molar-refractivity contribution in [2.75, 3.05) is 0 Å². The topological polar surface area (TPSA) is 90.2 Å². The monoisotopic (exact) mass is 358 g/mol. The van der Waals surface area contributed by atoms with Gasteiger partial charge in [0.2, 0.25) is 5.91 Å². The summed E-state index contributed by atoms with van der Waals surface area (Å²) in [6.07, 6.45) is 0.838. The fourth-order valence-corrected chi connectivity index (χ4v) is 3.57. The SMILES string of the molecule is O=C(O)CCCC(=O)N1N=C(c2cccs2)C[C@@H]1c1ccccc1O. The molecular formula is C18H18N2O4S. The van der Waals surface area contributed by atoms with Crippen molar-refractivity contribution in [3.8, 4) is 5.75 Å². The smallest absolute Gasteiger partial charge is 0.303 e. The van der Waals surface area contributed by atoms with Crippen LogP contribution in [0.5, 0.6) is 5.75 Å². The third-order valence-corrected chi connectivity index (χ3v) is 4.97. The quantitative estimate of drug-likeness (QED) is 0.828. The summed E-state index contributed by atoms with van der Waals surface area (Å²) in [5.74, 6) is -1.03. The van der Waals surface area contributed by atoms with Gasteiger partial charge in [-0.15, -0.1) is 11.3 Å². The minimum atomic E-state index is -0.922. The van der Waals surface area contributed by atoms with Crippen LogP contribution < -0.4 is 0 Å². The number of phenolic OH excluding ortho intramolecular Hbond substituents is 1. The average Bonchev–Trinajstić information content (AvgIpc) is 3.24. The fourth-order valence-electron chi connectivity index (χ4n) is 2.85. The molecule has 0 saturated heterocycles. The van der Waals surface area contributed by atoms with E-state index in [1.54, 1.807) is 29.5 Å². The fraction of sp³-hybridized carbons (Fsp3) is 0.278. The third-order valence-electron chi connectivity index (χ3n) is 4.05. The van der Waals surface area contributed by atoms with Gasteiger partial charge in [0.15, 0.2) is 0 Å². The molecule has 0 saturated carbocycles. The number of aromatic hydroxyl groups is 1. The molecule has 2 heterocycles. The van der Waals surface area contributed by atoms with Crippen LogP contribution in [0.2, 0.25) is 0 Å². The number of hydrazone groups is 1. The van der Waals surface area contributed by atoms with Crippen LogP contribution in [0, 0.1) is 0 Å². The second-order valence-electron chi connectivity index (χ2n) is 5.79. The normalized spacial score (nSPS) is 16.7. The number of benzene rings is 1. The number of aliphatic carboxylic acids is 1. The first-order valence-corrected chi connectivity index (χ1v) is 8.87. The molecular weight excluding hydrogens is 340 g/mol. The van der Waals surface area contributed by atoms with E-state index >= 15 is 0 Å². The summed E-state index contributed by atoms with van der Waals surface area (Å²) in [4.78, 5) is 24.2. The highest BCUT2D eigenvalue weighted by Gasteiger charge is 2.34. The number of amides is 1. The van der Waals surface area contributed by atoms with E-state index in [0.29, 0.717) is 12.0 Å². The van der Waals surface area contributed by atoms with Crippen LogP contribution in [0.15, 0.2) is 46.9 Å². The lowest BCUT2D eigenvalue weighted by atomic mass is 10.00. The number of carbonyl (C=O) groups excluding carboxylic acids is 1. The molecule has 2 aromatic rings. The minimum Gasteiger partial charge on any atom is -0.508 e. The number of nitrogens with zero attached hydrogens (tertiary/aromatic N) is 2. The van der Waals surface area contributed by atoms with Crippen molar-refractivity contribution in [2.24, 2.45) is 5.10 Å². The molecule has 6 nitrogen and oxygen atoms in total. The summed E-state index contributed by atoms with van der Waals surface area (Å²) in [6.45, 7) is 0. The van der Waals surface area contributed by atoms with Crippen molar-refractivity contribution >= 4 is 28.9 Å². The summed E-state index contributed by atoms with van der Waals surface area (Å²) < 4.78 is 0. The number of para-hydroxylation sites is 1. The first kappa shape index (κ1) is 17.2. The maximum Gasteiger partial charge on any atom is 0.303 e. The summed E-state index contributed by atoms with van der Waals surface area (Å²) in [5.41, 5.74) is 1.44. The zero-order valence-corrected chi connectivity index (χ0v) is 14.3. The zero-order chi connectivity index (χ0) is 17.8. The van der Waals surface area contributed by atoms with Crippen LogP contribution in [-0.2, 0) is 9.59 Å². The molecule has 1 aliphatic rings. The first-order valence-electron chi connectivity index (χ1n) is 7.99. The molecule has 1 amide bonds. The predicted molar refractivity (Wildman–Crippen MR) is 94.7 cm³/mol. The van der Waals surface area contributed by atoms with Crippen molar-refractivity contribution in [3.63, 3.8) is 0 Å². The maximum atomic E-state index is 12.6. The van der Waals surface area contributed by atoms with E-state index in [-0.39, 0.29) is 37.0 Å². The maximum absolute atomic E-state index is 12.6. The molecule has 2 N–H and O–H groups in total. The van der Waals surface area contributed by atoms with Crippen molar-refractivity contribution in [2.45, 2.75) is 31.7 Å². The molecule has 1 atom stereocenters. The van der Waals surface area contributed by atoms with E-state index in [2.05, 4.69) is 5.10 Å². The van der Waals surface area contributed by atoms with E-state index in [9.17, 15) is 14.7 Å². The Balaban J connectivity index is 1.84. The Morgan fingerprint density at radius 1 is 1.20 bits per heavy atom. The van der Waals surface area contributed by atoms with Crippen LogP contribution in [0.4, 0.5) is 0 Å². The Labute approximate surface area is 149 Å². The van der Waals surface area contributed by atoms with Crippen molar-refractivity contribution in [3.05, 3.63) is 52.2 Å². The van der Waals surface area contributed by atoms with Crippen molar-refractivity contribution in [1.82, 2.24) is 5.01 Å². The second-order valence-corrected chi connectivity index (χ2v) is 6.74. The molecule has 0 spiro atoms. The molecule has 3 rings (SSSR count). The molecule has 7 heteroatoms. The molecule has 0 unspecified atom stereocenters. The Kier molecular flexibility index (Phi) is 5.14. The molecule has 25 heavy (non-hydrogen) atoms. The molecule has 0 fully saturated rings. The minimum absolute atomic E-state index is 0.0532. The summed E-state index contributed by atoms with van der Waals surface area (Å²) in [6, 6.07) is 10.4. The molecule has 1 aliphatic heterocycles. The van der Waals surface area contributed by atoms with Crippen molar-refractivity contribution < 1.29 is 19.8 Å². The lowest BCUT2D eigenvalue weighted by molar-refractivity contribution is -0.137. The molecule has 130 valence electrons. The van der Waals surface area contributed by atoms with E-state index in [1.807, 2.05) is 23.6 Å². The average molecular weight is 358 g/mol. The molecule has 1 aromatic heterocycles. The van der Waals surface area contributed by atoms with Crippen LogP contribution in [0.25, 0.3) is 0 Å². The van der Waals surface area contributed by atoms with Gasteiger partial charge in [-0.25, -0.2) is 5.01 Å². The number of carboxylic acid groups (broad SMARTS) is 1. The predicted octanol–water partition coefficient (Wildman–Crippen LogP) is 3.39. The lowest BCUT2D eigenvalue weighted by Gasteiger charge is -2.22. The van der Waals surface area contributed by atoms with Gasteiger partial charge in [0, 0.05) is 24.8 Å². The number of phenols is 1. The van der Waals surface area contributed by atoms with Gasteiger partial charge >= 0.3 is 5.97 Å². The standard InChI is InChI=1S/C18H18N2O4S/c21-15-6-2-1-5-12(15)14-11-13(16-7-4-10-25-16)19-20(14)17(22)8-3-9-18(23)24/h1-2,4-7,10,14,21H,3,8-9,11H2,(H,23,24)/t14-/m1/s1. The van der Waals surface area contributed by atoms with Crippen LogP contribution in [0.3, 0.4) is 0 Å². The Morgan fingerprint density at radius 2 is 2.00 bits per heavy atom. The number of thiophene rings is 1. The van der Waals surface area contributed by atoms with E-state index < -0.39 is 5.97 Å². The Morgan fingerprint density at radius 3 is 2.68 bits per heavy atom. The highest BCUT2D eigenvalue weighted by atomic mass is 32.1. The van der Waals surface area contributed by atoms with Gasteiger partial charge in [0.25, 0.3) is 0 Å². The number of hydrogen-bond donors (Lipinski definition) is 2. The van der Waals surface area contributed by atoms with Crippen molar-refractivity contribution in [1.29, 1.82) is 0 Å². The highest BCUT2D eigenvalue weighted by Crippen LogP contribution is 2.37. The number of rotatable bonds is 6. The number of carboxylic acids is 1. The Bertz CT molecular complexity index is 801. The van der Waals surface area contributed by atoms with Gasteiger partial charge < -0.3 is 10.2 Å². The van der Waals surface area contributed by atoms with Crippen LogP contribution in [-0.4, -0.2) is 32.8 Å². The van der Waals surface area contributed by atoms with Gasteiger partial charge in [-0.2, -0.15) is 5.10 Å². The van der Waals surface area contributed by atoms with Gasteiger partial charge in [-0.3, -0.25) is 9.59 Å². The van der Waals surface area contributed by atoms with Gasteiger partial charge in [-0.1, -0.05) is 24.3 Å². The van der Waals surface area contributed by atoms with E-state index in [1.165, 1.54) is 5.01 Å². The van der Waals surface area contributed by atoms with Gasteiger partial charge in [-0.05, 0) is 23.9 Å². The van der Waals surface area contributed by atoms with Crippen LogP contribution in [0.1, 0.15) is 42.2 Å². The first-order chi connectivity index (χ1) is 12.1. The van der Waals surface area contributed by atoms with Gasteiger partial charge in [0.1, 0.15) is 5.75 Å². The molecule has 0 aliphatic carbocycles. The van der Waals surface area contributed by atoms with Crippen LogP contribution >= 0.6 is 11.3 Å². The zero-order valence-electron chi connectivity index (χ0n) is 13.5. The highest BCUT2D eigenvalue weighted by molar-refractivity contribution is 7.12. The Hall–Kier alpha value is -2.67. The second kappa shape index (κ2) is 7.48. The number of carbonyl (C=O) groups is 2. The van der Waals surface area contributed by atoms with Gasteiger partial charge in [0.05, 0.1) is 16.6 Å². The number of hydrogen-bond acceptors (Lipinski definition) is 5. The lowest BCUT2D eigenvalue weighted by Crippen LogP contribution is -2.27. The summed E-state index contributed by atoms with van der Waals surface area (Å²) >= 11 is 1.55. The summed E-state index contributed by atoms with van der Waals surface area (Å²) in [7, 11) is 0. The summed E-state index contributed by atoms with van der Waals surface area (Å²) in [5, 5.41) is 26.7. The molecule has 1 aromatic carbocycles. The third kappa shape index (κ3) is 3.88. The van der Waals surface area contributed by atoms with E-state index in [0.717, 1.165) is 10.6 Å². The molecule has 0 radical (unpaired) electrons. The molecule has 0 bridgehead atoms. The largest absolute Gasteiger partial charge is 0.508 e.